The molecule has 0 bridgehead atoms. The van der Waals surface area contributed by atoms with Gasteiger partial charge in [0.2, 0.25) is 0 Å². The molecule has 34 heavy (non-hydrogen) atoms. The van der Waals surface area contributed by atoms with Gasteiger partial charge >= 0.3 is 0 Å². The van der Waals surface area contributed by atoms with Crippen LogP contribution in [-0.4, -0.2) is 33.7 Å². The van der Waals surface area contributed by atoms with Crippen LogP contribution in [0.3, 0.4) is 0 Å². The first-order chi connectivity index (χ1) is 16.5. The first kappa shape index (κ1) is 24.1. The van der Waals surface area contributed by atoms with Crippen LogP contribution in [0.15, 0.2) is 65.0 Å². The lowest BCUT2D eigenvalue weighted by Crippen LogP contribution is -2.44. The second-order valence-electron chi connectivity index (χ2n) is 8.80. The molecule has 1 heterocycles. The smallest absolute Gasteiger partial charge is 0.267 e. The van der Waals surface area contributed by atoms with Gasteiger partial charge in [-0.1, -0.05) is 44.0 Å². The van der Waals surface area contributed by atoms with Crippen molar-refractivity contribution in [2.75, 3.05) is 6.61 Å². The Hall–Kier alpha value is -2.99. The van der Waals surface area contributed by atoms with Crippen LogP contribution >= 0.6 is 11.8 Å². The Morgan fingerprint density at radius 2 is 2.00 bits per heavy atom. The number of ether oxygens (including phenoxy) is 1. The molecule has 1 aliphatic carbocycles. The van der Waals surface area contributed by atoms with Gasteiger partial charge in [-0.3, -0.25) is 9.69 Å². The number of carbonyl (C=O) groups is 1. The zero-order chi connectivity index (χ0) is 24.1. The summed E-state index contributed by atoms with van der Waals surface area (Å²) in [5, 5.41) is 11.3. The van der Waals surface area contributed by atoms with Crippen molar-refractivity contribution in [2.24, 2.45) is 10.9 Å². The fourth-order valence-electron chi connectivity index (χ4n) is 4.65. The SMILES string of the molecule is C=CCc1cc(/C=C2\SC(=Nc3ccccc3)N([C@@H]3CCCC[C@H]3C)C2=O)cc(OCC)c1O. The van der Waals surface area contributed by atoms with Crippen LogP contribution in [0.1, 0.15) is 50.7 Å². The number of phenolic OH excluding ortho intramolecular Hbond substituents is 1. The highest BCUT2D eigenvalue weighted by molar-refractivity contribution is 8.18. The van der Waals surface area contributed by atoms with E-state index in [1.807, 2.05) is 54.3 Å². The zero-order valence-electron chi connectivity index (χ0n) is 19.9. The Labute approximate surface area is 206 Å². The van der Waals surface area contributed by atoms with Gasteiger partial charge in [-0.05, 0) is 79.8 Å². The van der Waals surface area contributed by atoms with Crippen molar-refractivity contribution < 1.29 is 14.6 Å². The molecule has 4 rings (SSSR count). The number of hydrogen-bond donors (Lipinski definition) is 1. The van der Waals surface area contributed by atoms with E-state index in [0.29, 0.717) is 29.6 Å². The summed E-state index contributed by atoms with van der Waals surface area (Å²) < 4.78 is 5.65. The Kier molecular flexibility index (Phi) is 7.78. The van der Waals surface area contributed by atoms with Gasteiger partial charge in [0.05, 0.1) is 17.2 Å². The Balaban J connectivity index is 1.74. The predicted molar refractivity (Wildman–Crippen MR) is 141 cm³/mol. The summed E-state index contributed by atoms with van der Waals surface area (Å²) in [4.78, 5) is 21.1. The highest BCUT2D eigenvalue weighted by atomic mass is 32.2. The van der Waals surface area contributed by atoms with Crippen molar-refractivity contribution in [3.05, 3.63) is 71.2 Å². The number of hydrogen-bond acceptors (Lipinski definition) is 5. The summed E-state index contributed by atoms with van der Waals surface area (Å²) in [6, 6.07) is 13.6. The van der Waals surface area contributed by atoms with E-state index in [4.69, 9.17) is 9.73 Å². The summed E-state index contributed by atoms with van der Waals surface area (Å²) in [6.45, 7) is 8.34. The largest absolute Gasteiger partial charge is 0.504 e. The fraction of sp³-hybridized carbons (Fsp3) is 0.357. The molecule has 1 saturated heterocycles. The van der Waals surface area contributed by atoms with E-state index in [-0.39, 0.29) is 17.7 Å². The van der Waals surface area contributed by atoms with Gasteiger partial charge in [-0.25, -0.2) is 4.99 Å². The van der Waals surface area contributed by atoms with Crippen molar-refractivity contribution in [3.63, 3.8) is 0 Å². The highest BCUT2D eigenvalue weighted by Crippen LogP contribution is 2.41. The molecular formula is C28H32N2O3S. The van der Waals surface area contributed by atoms with Gasteiger partial charge in [0.25, 0.3) is 5.91 Å². The maximum atomic E-state index is 13.7. The van der Waals surface area contributed by atoms with E-state index in [0.717, 1.165) is 41.2 Å². The van der Waals surface area contributed by atoms with Gasteiger partial charge in [0, 0.05) is 11.6 Å². The van der Waals surface area contributed by atoms with Crippen molar-refractivity contribution in [1.29, 1.82) is 0 Å². The van der Waals surface area contributed by atoms with Gasteiger partial charge in [0.15, 0.2) is 16.7 Å². The number of phenols is 1. The Morgan fingerprint density at radius 1 is 1.24 bits per heavy atom. The molecule has 0 spiro atoms. The van der Waals surface area contributed by atoms with Gasteiger partial charge in [-0.2, -0.15) is 0 Å². The molecule has 6 heteroatoms. The van der Waals surface area contributed by atoms with Crippen molar-refractivity contribution in [2.45, 2.75) is 52.0 Å². The van der Waals surface area contributed by atoms with Crippen LogP contribution < -0.4 is 4.74 Å². The lowest BCUT2D eigenvalue weighted by molar-refractivity contribution is -0.124. The quantitative estimate of drug-likeness (QED) is 0.357. The summed E-state index contributed by atoms with van der Waals surface area (Å²) >= 11 is 1.42. The number of benzene rings is 2. The standard InChI is InChI=1S/C28H32N2O3S/c1-4-11-21-16-20(17-24(26(21)31)33-5-2)18-25-27(32)30(23-15-10-9-12-19(23)3)28(34-25)29-22-13-7-6-8-14-22/h4,6-8,13-14,16-19,23,31H,1,5,9-12,15H2,2-3H3/b25-18-,29-28?/t19-,23-/m1/s1. The van der Waals surface area contributed by atoms with Crippen LogP contribution in [0.5, 0.6) is 11.5 Å². The van der Waals surface area contributed by atoms with Crippen molar-refractivity contribution >= 4 is 34.6 Å². The number of aromatic hydroxyl groups is 1. The number of thioether (sulfide) groups is 1. The van der Waals surface area contributed by atoms with Crippen LogP contribution in [0.25, 0.3) is 6.08 Å². The molecule has 1 N–H and O–H groups in total. The lowest BCUT2D eigenvalue weighted by atomic mass is 9.85. The number of allylic oxidation sites excluding steroid dienone is 1. The topological polar surface area (TPSA) is 62.1 Å². The summed E-state index contributed by atoms with van der Waals surface area (Å²) in [5.41, 5.74) is 2.37. The molecule has 2 aromatic rings. The molecule has 1 amide bonds. The second-order valence-corrected chi connectivity index (χ2v) is 9.81. The number of rotatable bonds is 7. The Morgan fingerprint density at radius 3 is 2.71 bits per heavy atom. The minimum Gasteiger partial charge on any atom is -0.504 e. The number of amides is 1. The van der Waals surface area contributed by atoms with Crippen LogP contribution in [0.2, 0.25) is 0 Å². The number of para-hydroxylation sites is 1. The summed E-state index contributed by atoms with van der Waals surface area (Å²) in [5.74, 6) is 0.962. The van der Waals surface area contributed by atoms with E-state index < -0.39 is 0 Å². The predicted octanol–water partition coefficient (Wildman–Crippen LogP) is 6.70. The van der Waals surface area contributed by atoms with Gasteiger partial charge in [0.1, 0.15) is 0 Å². The molecule has 178 valence electrons. The number of nitrogens with zero attached hydrogens (tertiary/aromatic N) is 2. The first-order valence-electron chi connectivity index (χ1n) is 12.0. The third-order valence-corrected chi connectivity index (χ3v) is 7.34. The number of amidine groups is 1. The Bertz CT molecular complexity index is 1110. The van der Waals surface area contributed by atoms with Gasteiger partial charge in [-0.15, -0.1) is 6.58 Å². The molecule has 0 radical (unpaired) electrons. The van der Waals surface area contributed by atoms with Crippen LogP contribution in [-0.2, 0) is 11.2 Å². The third-order valence-electron chi connectivity index (χ3n) is 6.35. The fourth-order valence-corrected chi connectivity index (χ4v) is 5.70. The maximum absolute atomic E-state index is 13.7. The summed E-state index contributed by atoms with van der Waals surface area (Å²) in [7, 11) is 0. The molecule has 2 aliphatic rings. The van der Waals surface area contributed by atoms with E-state index in [2.05, 4.69) is 13.5 Å². The van der Waals surface area contributed by atoms with Crippen molar-refractivity contribution in [3.8, 4) is 11.5 Å². The van der Waals surface area contributed by atoms with E-state index in [1.54, 1.807) is 12.1 Å². The molecule has 5 nitrogen and oxygen atoms in total. The van der Waals surface area contributed by atoms with E-state index in [9.17, 15) is 9.90 Å². The maximum Gasteiger partial charge on any atom is 0.267 e. The van der Waals surface area contributed by atoms with Gasteiger partial charge < -0.3 is 9.84 Å². The second kappa shape index (κ2) is 11.0. The molecule has 2 atom stereocenters. The molecule has 2 fully saturated rings. The molecule has 1 saturated carbocycles. The average Bonchev–Trinajstić information content (AvgIpc) is 3.12. The monoisotopic (exact) mass is 476 g/mol. The molecular weight excluding hydrogens is 444 g/mol. The number of carbonyl (C=O) groups excluding carboxylic acids is 1. The van der Waals surface area contributed by atoms with Crippen molar-refractivity contribution in [1.82, 2.24) is 4.90 Å². The third kappa shape index (κ3) is 5.22. The van der Waals surface area contributed by atoms with E-state index >= 15 is 0 Å². The lowest BCUT2D eigenvalue weighted by Gasteiger charge is -2.35. The first-order valence-corrected chi connectivity index (χ1v) is 12.8. The normalized spacial score (nSPS) is 23.0. The number of aliphatic imine (C=N–C) groups is 1. The molecule has 0 aromatic heterocycles. The van der Waals surface area contributed by atoms with Crippen LogP contribution in [0.4, 0.5) is 5.69 Å². The van der Waals surface area contributed by atoms with E-state index in [1.165, 1.54) is 18.2 Å². The van der Waals surface area contributed by atoms with Crippen LogP contribution in [0, 0.1) is 5.92 Å². The summed E-state index contributed by atoms with van der Waals surface area (Å²) in [6.07, 6.45) is 8.59. The average molecular weight is 477 g/mol. The molecule has 2 aromatic carbocycles. The zero-order valence-corrected chi connectivity index (χ0v) is 20.7. The minimum atomic E-state index is -0.00487. The molecule has 0 unspecified atom stereocenters. The molecule has 1 aliphatic heterocycles. The minimum absolute atomic E-state index is 0.00487. The highest BCUT2D eigenvalue weighted by Gasteiger charge is 2.41.